The maximum Gasteiger partial charge on any atom is 0.150 e. The Bertz CT molecular complexity index is 492. The highest BCUT2D eigenvalue weighted by molar-refractivity contribution is 5.64. The number of allylic oxidation sites excluding steroid dienone is 2. The molecule has 0 aromatic heterocycles. The third-order valence-corrected chi connectivity index (χ3v) is 3.17. The summed E-state index contributed by atoms with van der Waals surface area (Å²) < 4.78 is 10.5. The molecule has 0 aliphatic carbocycles. The van der Waals surface area contributed by atoms with E-state index >= 15 is 0 Å². The minimum absolute atomic E-state index is 0.186. The van der Waals surface area contributed by atoms with Crippen LogP contribution in [0.4, 0.5) is 5.69 Å². The van der Waals surface area contributed by atoms with E-state index in [1.165, 1.54) is 0 Å². The maximum absolute atomic E-state index is 8.78. The Balaban J connectivity index is 0.000000247. The molecule has 1 atom stereocenters. The Morgan fingerprint density at radius 3 is 2.48 bits per heavy atom. The van der Waals surface area contributed by atoms with Crippen molar-refractivity contribution in [1.82, 2.24) is 0 Å². The molecule has 0 saturated carbocycles. The number of para-hydroxylation sites is 2. The molecule has 0 unspecified atom stereocenters. The predicted octanol–water partition coefficient (Wildman–Crippen LogP) is 4.26. The number of rotatable bonds is 2. The van der Waals surface area contributed by atoms with E-state index in [9.17, 15) is 0 Å². The molecule has 4 nitrogen and oxygen atoms in total. The van der Waals surface area contributed by atoms with Crippen molar-refractivity contribution >= 4 is 5.69 Å². The fourth-order valence-electron chi connectivity index (χ4n) is 2.07. The number of anilines is 1. The van der Waals surface area contributed by atoms with Crippen LogP contribution >= 0.6 is 0 Å². The quantitative estimate of drug-likeness (QED) is 0.856. The SMILES string of the molecule is C=CC1=C(C=C)Oc2ccccc2N1.CC.O[C@@H]1CCCOC1. The zero-order valence-corrected chi connectivity index (χ0v) is 14.0. The van der Waals surface area contributed by atoms with Crippen LogP contribution in [0.1, 0.15) is 26.7 Å². The average Bonchev–Trinajstić information content (AvgIpc) is 2.63. The lowest BCUT2D eigenvalue weighted by molar-refractivity contribution is -0.00535. The molecule has 0 spiro atoms. The molecule has 2 heterocycles. The van der Waals surface area contributed by atoms with Gasteiger partial charge in [0.25, 0.3) is 0 Å². The van der Waals surface area contributed by atoms with Gasteiger partial charge in [0.2, 0.25) is 0 Å². The lowest BCUT2D eigenvalue weighted by atomic mass is 10.2. The first-order valence-electron chi connectivity index (χ1n) is 8.03. The van der Waals surface area contributed by atoms with Gasteiger partial charge >= 0.3 is 0 Å². The van der Waals surface area contributed by atoms with Crippen LogP contribution in [0, 0.1) is 0 Å². The Labute approximate surface area is 139 Å². The van der Waals surface area contributed by atoms with Gasteiger partial charge in [0.15, 0.2) is 5.75 Å². The van der Waals surface area contributed by atoms with Crippen molar-refractivity contribution in [2.24, 2.45) is 0 Å². The molecule has 23 heavy (non-hydrogen) atoms. The Morgan fingerprint density at radius 2 is 1.96 bits per heavy atom. The summed E-state index contributed by atoms with van der Waals surface area (Å²) in [7, 11) is 0. The van der Waals surface area contributed by atoms with Gasteiger partial charge in [-0.05, 0) is 37.1 Å². The molecule has 126 valence electrons. The van der Waals surface area contributed by atoms with Crippen LogP contribution in [0.25, 0.3) is 0 Å². The van der Waals surface area contributed by atoms with E-state index in [0.29, 0.717) is 12.4 Å². The molecule has 1 aromatic rings. The number of benzene rings is 1. The van der Waals surface area contributed by atoms with Gasteiger partial charge in [-0.3, -0.25) is 0 Å². The van der Waals surface area contributed by atoms with E-state index in [2.05, 4.69) is 18.5 Å². The van der Waals surface area contributed by atoms with Gasteiger partial charge in [0.05, 0.1) is 24.1 Å². The van der Waals surface area contributed by atoms with Crippen molar-refractivity contribution in [3.8, 4) is 5.75 Å². The number of aliphatic hydroxyl groups excluding tert-OH is 1. The molecular weight excluding hydrogens is 290 g/mol. The molecule has 1 fully saturated rings. The summed E-state index contributed by atoms with van der Waals surface area (Å²) in [5.74, 6) is 1.52. The average molecular weight is 317 g/mol. The molecule has 0 bridgehead atoms. The fraction of sp³-hybridized carbons (Fsp3) is 0.368. The number of hydrogen-bond donors (Lipinski definition) is 2. The Hall–Kier alpha value is -2.04. The minimum atomic E-state index is -0.186. The lowest BCUT2D eigenvalue weighted by Gasteiger charge is -2.21. The Morgan fingerprint density at radius 1 is 1.22 bits per heavy atom. The lowest BCUT2D eigenvalue weighted by Crippen LogP contribution is -2.21. The zero-order valence-electron chi connectivity index (χ0n) is 14.0. The third-order valence-electron chi connectivity index (χ3n) is 3.17. The second-order valence-electron chi connectivity index (χ2n) is 4.78. The van der Waals surface area contributed by atoms with E-state index in [4.69, 9.17) is 14.6 Å². The van der Waals surface area contributed by atoms with Gasteiger partial charge in [0.1, 0.15) is 5.76 Å². The summed E-state index contributed by atoms with van der Waals surface area (Å²) >= 11 is 0. The number of hydrogen-bond acceptors (Lipinski definition) is 4. The molecule has 2 N–H and O–H groups in total. The van der Waals surface area contributed by atoms with E-state index in [1.807, 2.05) is 38.1 Å². The van der Waals surface area contributed by atoms with Crippen LogP contribution in [0.3, 0.4) is 0 Å². The normalized spacial score (nSPS) is 18.7. The van der Waals surface area contributed by atoms with Crippen LogP contribution < -0.4 is 10.1 Å². The van der Waals surface area contributed by atoms with Crippen LogP contribution in [-0.4, -0.2) is 24.4 Å². The summed E-state index contributed by atoms with van der Waals surface area (Å²) in [5.41, 5.74) is 1.80. The monoisotopic (exact) mass is 317 g/mol. The first-order valence-corrected chi connectivity index (χ1v) is 8.03. The van der Waals surface area contributed by atoms with Gasteiger partial charge in [-0.1, -0.05) is 39.1 Å². The summed E-state index contributed by atoms with van der Waals surface area (Å²) in [4.78, 5) is 0. The first kappa shape index (κ1) is 19.0. The number of aliphatic hydroxyl groups is 1. The van der Waals surface area contributed by atoms with Crippen molar-refractivity contribution in [1.29, 1.82) is 0 Å². The van der Waals surface area contributed by atoms with Gasteiger partial charge in [0, 0.05) is 6.61 Å². The smallest absolute Gasteiger partial charge is 0.150 e. The highest BCUT2D eigenvalue weighted by Gasteiger charge is 2.14. The number of fused-ring (bicyclic) bond motifs is 1. The largest absolute Gasteiger partial charge is 0.453 e. The van der Waals surface area contributed by atoms with Gasteiger partial charge < -0.3 is 19.9 Å². The van der Waals surface area contributed by atoms with Crippen LogP contribution in [0.2, 0.25) is 0 Å². The van der Waals surface area contributed by atoms with Crippen LogP contribution in [-0.2, 0) is 4.74 Å². The first-order chi connectivity index (χ1) is 11.2. The van der Waals surface area contributed by atoms with E-state index in [1.54, 1.807) is 12.2 Å². The predicted molar refractivity (Wildman–Crippen MR) is 95.5 cm³/mol. The van der Waals surface area contributed by atoms with Crippen LogP contribution in [0.5, 0.6) is 5.75 Å². The van der Waals surface area contributed by atoms with Crippen molar-refractivity contribution in [3.05, 3.63) is 61.0 Å². The van der Waals surface area contributed by atoms with Gasteiger partial charge in [-0.25, -0.2) is 0 Å². The van der Waals surface area contributed by atoms with Gasteiger partial charge in [-0.15, -0.1) is 0 Å². The van der Waals surface area contributed by atoms with Crippen LogP contribution in [0.15, 0.2) is 61.0 Å². The summed E-state index contributed by atoms with van der Waals surface area (Å²) in [5, 5.41) is 12.0. The summed E-state index contributed by atoms with van der Waals surface area (Å²) in [6.45, 7) is 12.8. The molecule has 1 saturated heterocycles. The highest BCUT2D eigenvalue weighted by atomic mass is 16.5. The molecule has 2 aliphatic heterocycles. The minimum Gasteiger partial charge on any atom is -0.453 e. The highest BCUT2D eigenvalue weighted by Crippen LogP contribution is 2.32. The summed E-state index contributed by atoms with van der Waals surface area (Å²) in [6, 6.07) is 7.75. The molecule has 1 aromatic carbocycles. The topological polar surface area (TPSA) is 50.7 Å². The molecule has 0 radical (unpaired) electrons. The molecule has 0 amide bonds. The maximum atomic E-state index is 8.78. The summed E-state index contributed by atoms with van der Waals surface area (Å²) in [6.07, 6.45) is 5.13. The molecule has 3 rings (SSSR count). The fourth-order valence-corrected chi connectivity index (χ4v) is 2.07. The molecule has 2 aliphatic rings. The van der Waals surface area contributed by atoms with E-state index < -0.39 is 0 Å². The Kier molecular flexibility index (Phi) is 8.80. The third kappa shape index (κ3) is 5.93. The second kappa shape index (κ2) is 10.6. The second-order valence-corrected chi connectivity index (χ2v) is 4.78. The molecule has 4 heteroatoms. The van der Waals surface area contributed by atoms with E-state index in [0.717, 1.165) is 36.6 Å². The van der Waals surface area contributed by atoms with Crippen molar-refractivity contribution < 1.29 is 14.6 Å². The molecular formula is C19H27NO3. The zero-order chi connectivity index (χ0) is 17.1. The standard InChI is InChI=1S/C12H11NO.C5H10O2.C2H6/c1-3-9-11(4-2)14-12-8-6-5-7-10(12)13-9;6-5-2-1-3-7-4-5;1-2/h3-8,13H,1-2H2;5-6H,1-4H2;1-2H3/t;5-;/m.1./s1. The van der Waals surface area contributed by atoms with Crippen molar-refractivity contribution in [2.45, 2.75) is 32.8 Å². The number of nitrogens with one attached hydrogen (secondary N) is 1. The number of ether oxygens (including phenoxy) is 2. The van der Waals surface area contributed by atoms with Crippen molar-refractivity contribution in [2.75, 3.05) is 18.5 Å². The van der Waals surface area contributed by atoms with Gasteiger partial charge in [-0.2, -0.15) is 0 Å². The van der Waals surface area contributed by atoms with Crippen molar-refractivity contribution in [3.63, 3.8) is 0 Å². The van der Waals surface area contributed by atoms with E-state index in [-0.39, 0.29) is 6.10 Å².